The zero-order chi connectivity index (χ0) is 13.1. The van der Waals surface area contributed by atoms with E-state index in [0.29, 0.717) is 11.6 Å². The maximum Gasteiger partial charge on any atom is 0.337 e. The summed E-state index contributed by atoms with van der Waals surface area (Å²) in [6, 6.07) is 5.76. The second kappa shape index (κ2) is 5.74. The summed E-state index contributed by atoms with van der Waals surface area (Å²) in [5.74, 6) is -0.164. The molecular weight excluding hydrogens is 294 g/mol. The molecule has 0 aliphatic heterocycles. The summed E-state index contributed by atoms with van der Waals surface area (Å²) in [5, 5.41) is 12.6. The van der Waals surface area contributed by atoms with Gasteiger partial charge in [0.05, 0.1) is 5.56 Å². The predicted octanol–water partition coefficient (Wildman–Crippen LogP) is 4.14. The molecule has 0 aromatic heterocycles. The molecule has 1 fully saturated rings. The summed E-state index contributed by atoms with van der Waals surface area (Å²) < 4.78 is 0.794. The number of hydrogen-bond donors (Lipinski definition) is 2. The van der Waals surface area contributed by atoms with E-state index in [-0.39, 0.29) is 0 Å². The van der Waals surface area contributed by atoms with Gasteiger partial charge in [-0.25, -0.2) is 4.79 Å². The molecule has 0 saturated heterocycles. The monoisotopic (exact) mass is 311 g/mol. The molecule has 98 valence electrons. The summed E-state index contributed by atoms with van der Waals surface area (Å²) in [5.41, 5.74) is 1.06. The molecule has 3 nitrogen and oxygen atoms in total. The van der Waals surface area contributed by atoms with Crippen LogP contribution in [-0.2, 0) is 0 Å². The lowest BCUT2D eigenvalue weighted by Crippen LogP contribution is -2.27. The quantitative estimate of drug-likeness (QED) is 0.882. The average molecular weight is 312 g/mol. The van der Waals surface area contributed by atoms with Gasteiger partial charge in [0, 0.05) is 16.2 Å². The van der Waals surface area contributed by atoms with E-state index in [9.17, 15) is 9.90 Å². The number of anilines is 1. The van der Waals surface area contributed by atoms with Crippen LogP contribution in [0.2, 0.25) is 0 Å². The SMILES string of the molecule is CC1CCCC(Nc2ccc(Br)cc2C(=O)O)C1. The van der Waals surface area contributed by atoms with Gasteiger partial charge in [0.15, 0.2) is 0 Å². The third-order valence-electron chi connectivity index (χ3n) is 3.51. The van der Waals surface area contributed by atoms with Gasteiger partial charge in [0.1, 0.15) is 0 Å². The molecule has 1 aromatic rings. The van der Waals surface area contributed by atoms with E-state index in [1.165, 1.54) is 12.8 Å². The van der Waals surface area contributed by atoms with Crippen LogP contribution < -0.4 is 5.32 Å². The first kappa shape index (κ1) is 13.4. The number of rotatable bonds is 3. The maximum atomic E-state index is 11.2. The molecule has 1 saturated carbocycles. The largest absolute Gasteiger partial charge is 0.478 e. The Morgan fingerprint density at radius 2 is 2.22 bits per heavy atom. The fraction of sp³-hybridized carbons (Fsp3) is 0.500. The first-order chi connectivity index (χ1) is 8.56. The molecule has 0 bridgehead atoms. The van der Waals surface area contributed by atoms with Crippen LogP contribution in [-0.4, -0.2) is 17.1 Å². The Morgan fingerprint density at radius 1 is 1.44 bits per heavy atom. The lowest BCUT2D eigenvalue weighted by atomic mass is 9.87. The van der Waals surface area contributed by atoms with E-state index in [1.807, 2.05) is 12.1 Å². The standard InChI is InChI=1S/C14H18BrNO2/c1-9-3-2-4-11(7-9)16-13-6-5-10(15)8-12(13)14(17)18/h5-6,8-9,11,16H,2-4,7H2,1H3,(H,17,18). The van der Waals surface area contributed by atoms with Crippen LogP contribution in [0, 0.1) is 5.92 Å². The highest BCUT2D eigenvalue weighted by molar-refractivity contribution is 9.10. The van der Waals surface area contributed by atoms with Gasteiger partial charge < -0.3 is 10.4 Å². The molecule has 1 aliphatic rings. The topological polar surface area (TPSA) is 49.3 Å². The third-order valence-corrected chi connectivity index (χ3v) is 4.00. The fourth-order valence-electron chi connectivity index (χ4n) is 2.60. The molecule has 0 amide bonds. The van der Waals surface area contributed by atoms with Crippen molar-refractivity contribution in [3.05, 3.63) is 28.2 Å². The molecule has 2 atom stereocenters. The third kappa shape index (κ3) is 3.25. The number of aromatic carboxylic acids is 1. The summed E-state index contributed by atoms with van der Waals surface area (Å²) in [7, 11) is 0. The second-order valence-electron chi connectivity index (χ2n) is 5.11. The highest BCUT2D eigenvalue weighted by atomic mass is 79.9. The van der Waals surface area contributed by atoms with Gasteiger partial charge in [0.25, 0.3) is 0 Å². The van der Waals surface area contributed by atoms with Gasteiger partial charge in [-0.1, -0.05) is 35.7 Å². The summed E-state index contributed by atoms with van der Waals surface area (Å²) in [6.07, 6.45) is 4.75. The zero-order valence-corrected chi connectivity index (χ0v) is 12.0. The minimum Gasteiger partial charge on any atom is -0.478 e. The molecular formula is C14H18BrNO2. The van der Waals surface area contributed by atoms with E-state index in [0.717, 1.165) is 28.9 Å². The number of hydrogen-bond acceptors (Lipinski definition) is 2. The average Bonchev–Trinajstić information content (AvgIpc) is 2.31. The Labute approximate surface area is 116 Å². The molecule has 2 N–H and O–H groups in total. The Bertz CT molecular complexity index is 447. The fourth-order valence-corrected chi connectivity index (χ4v) is 2.97. The first-order valence-electron chi connectivity index (χ1n) is 6.35. The molecule has 4 heteroatoms. The van der Waals surface area contributed by atoms with E-state index in [1.54, 1.807) is 6.07 Å². The van der Waals surface area contributed by atoms with Crippen LogP contribution in [0.5, 0.6) is 0 Å². The van der Waals surface area contributed by atoms with Crippen molar-refractivity contribution in [1.29, 1.82) is 0 Å². The van der Waals surface area contributed by atoms with E-state index < -0.39 is 5.97 Å². The number of carboxylic acid groups (broad SMARTS) is 1. The van der Waals surface area contributed by atoms with Crippen LogP contribution >= 0.6 is 15.9 Å². The number of carbonyl (C=O) groups is 1. The summed E-state index contributed by atoms with van der Waals surface area (Å²) in [4.78, 5) is 11.2. The highest BCUT2D eigenvalue weighted by Gasteiger charge is 2.20. The van der Waals surface area contributed by atoms with Crippen molar-refractivity contribution in [1.82, 2.24) is 0 Å². The molecule has 1 aromatic carbocycles. The molecule has 0 radical (unpaired) electrons. The number of carboxylic acids is 1. The lowest BCUT2D eigenvalue weighted by molar-refractivity contribution is 0.0698. The molecule has 2 rings (SSSR count). The molecule has 0 heterocycles. The second-order valence-corrected chi connectivity index (χ2v) is 6.02. The summed E-state index contributed by atoms with van der Waals surface area (Å²) in [6.45, 7) is 2.26. The lowest BCUT2D eigenvalue weighted by Gasteiger charge is -2.28. The van der Waals surface area contributed by atoms with Gasteiger partial charge in [-0.05, 0) is 37.0 Å². The van der Waals surface area contributed by atoms with Gasteiger partial charge in [-0.3, -0.25) is 0 Å². The van der Waals surface area contributed by atoms with Gasteiger partial charge >= 0.3 is 5.97 Å². The van der Waals surface area contributed by atoms with Crippen molar-refractivity contribution in [2.45, 2.75) is 38.6 Å². The van der Waals surface area contributed by atoms with Gasteiger partial charge in [0.2, 0.25) is 0 Å². The van der Waals surface area contributed by atoms with Crippen LogP contribution in [0.1, 0.15) is 43.0 Å². The predicted molar refractivity (Wildman–Crippen MR) is 76.1 cm³/mol. The van der Waals surface area contributed by atoms with Crippen LogP contribution in [0.4, 0.5) is 5.69 Å². The Balaban J connectivity index is 2.15. The number of benzene rings is 1. The van der Waals surface area contributed by atoms with Gasteiger partial charge in [-0.15, -0.1) is 0 Å². The highest BCUT2D eigenvalue weighted by Crippen LogP contribution is 2.28. The van der Waals surface area contributed by atoms with Crippen molar-refractivity contribution in [2.75, 3.05) is 5.32 Å². The number of halogens is 1. The summed E-state index contributed by atoms with van der Waals surface area (Å²) >= 11 is 3.31. The first-order valence-corrected chi connectivity index (χ1v) is 7.15. The van der Waals surface area contributed by atoms with Crippen molar-refractivity contribution in [2.24, 2.45) is 5.92 Å². The Hall–Kier alpha value is -1.03. The van der Waals surface area contributed by atoms with E-state index >= 15 is 0 Å². The van der Waals surface area contributed by atoms with Crippen molar-refractivity contribution >= 4 is 27.6 Å². The Kier molecular flexibility index (Phi) is 4.27. The van der Waals surface area contributed by atoms with Crippen LogP contribution in [0.3, 0.4) is 0 Å². The molecule has 2 unspecified atom stereocenters. The normalized spacial score (nSPS) is 23.7. The zero-order valence-electron chi connectivity index (χ0n) is 10.4. The molecule has 1 aliphatic carbocycles. The van der Waals surface area contributed by atoms with E-state index in [4.69, 9.17) is 0 Å². The molecule has 18 heavy (non-hydrogen) atoms. The van der Waals surface area contributed by atoms with Crippen LogP contribution in [0.25, 0.3) is 0 Å². The van der Waals surface area contributed by atoms with Crippen LogP contribution in [0.15, 0.2) is 22.7 Å². The van der Waals surface area contributed by atoms with Crippen molar-refractivity contribution in [3.8, 4) is 0 Å². The molecule has 0 spiro atoms. The van der Waals surface area contributed by atoms with E-state index in [2.05, 4.69) is 28.2 Å². The smallest absolute Gasteiger partial charge is 0.337 e. The minimum atomic E-state index is -0.886. The Morgan fingerprint density at radius 3 is 2.89 bits per heavy atom. The van der Waals surface area contributed by atoms with Crippen molar-refractivity contribution < 1.29 is 9.90 Å². The number of nitrogens with one attached hydrogen (secondary N) is 1. The van der Waals surface area contributed by atoms with Gasteiger partial charge in [-0.2, -0.15) is 0 Å². The maximum absolute atomic E-state index is 11.2. The minimum absolute atomic E-state index is 0.336. The van der Waals surface area contributed by atoms with Crippen molar-refractivity contribution in [3.63, 3.8) is 0 Å².